The van der Waals surface area contributed by atoms with E-state index in [1.165, 1.54) is 0 Å². The van der Waals surface area contributed by atoms with Crippen LogP contribution >= 0.6 is 0 Å². The SMILES string of the molecule is CC(=O)N1CCc2nc([C@@H]3CCN(C(=O)[C@@H](C)c4ccccc4)C3)ncc2C1. The zero-order chi connectivity index (χ0) is 19.7. The molecule has 0 bridgehead atoms. The van der Waals surface area contributed by atoms with Crippen LogP contribution in [0, 0.1) is 0 Å². The number of carbonyl (C=O) groups is 2. The minimum atomic E-state index is -0.137. The molecule has 0 spiro atoms. The minimum Gasteiger partial charge on any atom is -0.341 e. The maximum absolute atomic E-state index is 12.9. The number of carbonyl (C=O) groups excluding carboxylic acids is 2. The van der Waals surface area contributed by atoms with Crippen LogP contribution in [0.1, 0.15) is 54.7 Å². The van der Waals surface area contributed by atoms with Crippen LogP contribution < -0.4 is 0 Å². The highest BCUT2D eigenvalue weighted by Gasteiger charge is 2.32. The fourth-order valence-corrected chi connectivity index (χ4v) is 4.13. The molecule has 1 aromatic carbocycles. The molecule has 2 atom stereocenters. The van der Waals surface area contributed by atoms with Gasteiger partial charge in [-0.15, -0.1) is 0 Å². The largest absolute Gasteiger partial charge is 0.341 e. The Morgan fingerprint density at radius 3 is 2.68 bits per heavy atom. The van der Waals surface area contributed by atoms with Gasteiger partial charge < -0.3 is 9.80 Å². The van der Waals surface area contributed by atoms with Gasteiger partial charge >= 0.3 is 0 Å². The molecule has 6 heteroatoms. The van der Waals surface area contributed by atoms with Crippen molar-refractivity contribution in [1.82, 2.24) is 19.8 Å². The second-order valence-electron chi connectivity index (χ2n) is 7.79. The number of fused-ring (bicyclic) bond motifs is 1. The third-order valence-corrected chi connectivity index (χ3v) is 5.93. The molecule has 0 saturated carbocycles. The van der Waals surface area contributed by atoms with E-state index in [0.717, 1.165) is 42.0 Å². The van der Waals surface area contributed by atoms with Gasteiger partial charge in [-0.1, -0.05) is 30.3 Å². The molecule has 0 unspecified atom stereocenters. The molecule has 0 aliphatic carbocycles. The van der Waals surface area contributed by atoms with Crippen molar-refractivity contribution in [1.29, 1.82) is 0 Å². The number of amides is 2. The Kier molecular flexibility index (Phi) is 5.11. The lowest BCUT2D eigenvalue weighted by Gasteiger charge is -2.27. The van der Waals surface area contributed by atoms with Crippen molar-refractivity contribution in [2.45, 2.75) is 45.1 Å². The van der Waals surface area contributed by atoms with E-state index in [-0.39, 0.29) is 23.7 Å². The molecule has 0 radical (unpaired) electrons. The fourth-order valence-electron chi connectivity index (χ4n) is 4.13. The Labute approximate surface area is 165 Å². The van der Waals surface area contributed by atoms with Crippen LogP contribution in [-0.4, -0.2) is 51.2 Å². The average Bonchev–Trinajstić information content (AvgIpc) is 3.22. The molecule has 2 aliphatic rings. The van der Waals surface area contributed by atoms with Crippen LogP contribution in [0.4, 0.5) is 0 Å². The van der Waals surface area contributed by atoms with Crippen LogP contribution in [-0.2, 0) is 22.6 Å². The van der Waals surface area contributed by atoms with Gasteiger partial charge in [0.05, 0.1) is 11.6 Å². The molecule has 146 valence electrons. The molecule has 28 heavy (non-hydrogen) atoms. The van der Waals surface area contributed by atoms with Gasteiger partial charge in [0.25, 0.3) is 0 Å². The number of benzene rings is 1. The Hall–Kier alpha value is -2.76. The quantitative estimate of drug-likeness (QED) is 0.823. The van der Waals surface area contributed by atoms with Crippen molar-refractivity contribution < 1.29 is 9.59 Å². The lowest BCUT2D eigenvalue weighted by molar-refractivity contribution is -0.131. The predicted octanol–water partition coefficient (Wildman–Crippen LogP) is 2.50. The monoisotopic (exact) mass is 378 g/mol. The summed E-state index contributed by atoms with van der Waals surface area (Å²) in [5.41, 5.74) is 3.13. The van der Waals surface area contributed by atoms with Gasteiger partial charge in [0, 0.05) is 57.2 Å². The standard InChI is InChI=1S/C22H26N4O2/c1-15(17-6-4-3-5-7-17)22(28)26-10-8-18(13-26)21-23-12-19-14-25(16(2)27)11-9-20(19)24-21/h3-7,12,15,18H,8-11,13-14H2,1-2H3/t15-,18+/m0/s1. The second kappa shape index (κ2) is 7.70. The van der Waals surface area contributed by atoms with E-state index in [1.54, 1.807) is 6.92 Å². The number of nitrogens with zero attached hydrogens (tertiary/aromatic N) is 4. The lowest BCUT2D eigenvalue weighted by atomic mass is 10.00. The normalized spacial score (nSPS) is 20.0. The van der Waals surface area contributed by atoms with Gasteiger partial charge in [0.15, 0.2) is 0 Å². The molecule has 2 amide bonds. The van der Waals surface area contributed by atoms with Gasteiger partial charge in [-0.3, -0.25) is 9.59 Å². The summed E-state index contributed by atoms with van der Waals surface area (Å²) in [5.74, 6) is 1.14. The Morgan fingerprint density at radius 2 is 1.93 bits per heavy atom. The Bertz CT molecular complexity index is 883. The molecular formula is C22H26N4O2. The molecule has 4 rings (SSSR count). The van der Waals surface area contributed by atoms with E-state index in [0.29, 0.717) is 19.6 Å². The molecule has 0 N–H and O–H groups in total. The summed E-state index contributed by atoms with van der Waals surface area (Å²) in [5, 5.41) is 0. The van der Waals surface area contributed by atoms with Crippen LogP contribution in [0.15, 0.2) is 36.5 Å². The van der Waals surface area contributed by atoms with Gasteiger partial charge in [-0.05, 0) is 18.9 Å². The Morgan fingerprint density at radius 1 is 1.14 bits per heavy atom. The third-order valence-electron chi connectivity index (χ3n) is 5.93. The topological polar surface area (TPSA) is 66.4 Å². The number of rotatable bonds is 3. The van der Waals surface area contributed by atoms with Crippen molar-refractivity contribution in [3.63, 3.8) is 0 Å². The highest BCUT2D eigenvalue weighted by Crippen LogP contribution is 2.29. The first-order chi connectivity index (χ1) is 13.5. The van der Waals surface area contributed by atoms with Crippen molar-refractivity contribution in [3.05, 3.63) is 59.2 Å². The number of hydrogen-bond donors (Lipinski definition) is 0. The van der Waals surface area contributed by atoms with E-state index in [1.807, 2.05) is 53.3 Å². The van der Waals surface area contributed by atoms with E-state index in [4.69, 9.17) is 4.98 Å². The van der Waals surface area contributed by atoms with Crippen molar-refractivity contribution in [2.24, 2.45) is 0 Å². The maximum atomic E-state index is 12.9. The fraction of sp³-hybridized carbons (Fsp3) is 0.455. The summed E-state index contributed by atoms with van der Waals surface area (Å²) >= 11 is 0. The van der Waals surface area contributed by atoms with Gasteiger partial charge in [0.1, 0.15) is 5.82 Å². The lowest BCUT2D eigenvalue weighted by Crippen LogP contribution is -2.35. The van der Waals surface area contributed by atoms with Crippen LogP contribution in [0.2, 0.25) is 0 Å². The molecule has 3 heterocycles. The molecular weight excluding hydrogens is 352 g/mol. The number of likely N-dealkylation sites (tertiary alicyclic amines) is 1. The molecule has 6 nitrogen and oxygen atoms in total. The minimum absolute atomic E-state index is 0.0900. The highest BCUT2D eigenvalue weighted by atomic mass is 16.2. The summed E-state index contributed by atoms with van der Waals surface area (Å²) in [6, 6.07) is 9.93. The average molecular weight is 378 g/mol. The van der Waals surface area contributed by atoms with Crippen molar-refractivity contribution in [3.8, 4) is 0 Å². The molecule has 1 fully saturated rings. The summed E-state index contributed by atoms with van der Waals surface area (Å²) < 4.78 is 0. The summed E-state index contributed by atoms with van der Waals surface area (Å²) in [4.78, 5) is 37.6. The van der Waals surface area contributed by atoms with Gasteiger partial charge in [-0.25, -0.2) is 9.97 Å². The molecule has 1 saturated heterocycles. The highest BCUT2D eigenvalue weighted by molar-refractivity contribution is 5.83. The third kappa shape index (κ3) is 3.63. The smallest absolute Gasteiger partial charge is 0.229 e. The summed E-state index contributed by atoms with van der Waals surface area (Å²) in [7, 11) is 0. The van der Waals surface area contributed by atoms with Crippen LogP contribution in [0.5, 0.6) is 0 Å². The predicted molar refractivity (Wildman–Crippen MR) is 106 cm³/mol. The second-order valence-corrected chi connectivity index (χ2v) is 7.79. The zero-order valence-corrected chi connectivity index (χ0v) is 16.5. The molecule has 2 aromatic rings. The van der Waals surface area contributed by atoms with Crippen molar-refractivity contribution >= 4 is 11.8 Å². The Balaban J connectivity index is 1.43. The van der Waals surface area contributed by atoms with E-state index in [9.17, 15) is 9.59 Å². The summed E-state index contributed by atoms with van der Waals surface area (Å²) in [6.07, 6.45) is 3.53. The number of aromatic nitrogens is 2. The van der Waals surface area contributed by atoms with E-state index < -0.39 is 0 Å². The first-order valence-electron chi connectivity index (χ1n) is 9.97. The molecule has 1 aromatic heterocycles. The number of hydrogen-bond acceptors (Lipinski definition) is 4. The first kappa shape index (κ1) is 18.6. The van der Waals surface area contributed by atoms with Gasteiger partial charge in [-0.2, -0.15) is 0 Å². The zero-order valence-electron chi connectivity index (χ0n) is 16.5. The summed E-state index contributed by atoms with van der Waals surface area (Å²) in [6.45, 7) is 6.30. The first-order valence-corrected chi connectivity index (χ1v) is 9.97. The van der Waals surface area contributed by atoms with Gasteiger partial charge in [0.2, 0.25) is 11.8 Å². The van der Waals surface area contributed by atoms with Crippen LogP contribution in [0.3, 0.4) is 0 Å². The molecule has 2 aliphatic heterocycles. The van der Waals surface area contributed by atoms with Crippen LogP contribution in [0.25, 0.3) is 0 Å². The van der Waals surface area contributed by atoms with E-state index >= 15 is 0 Å². The maximum Gasteiger partial charge on any atom is 0.229 e. The van der Waals surface area contributed by atoms with E-state index in [2.05, 4.69) is 4.98 Å². The van der Waals surface area contributed by atoms with Crippen molar-refractivity contribution in [2.75, 3.05) is 19.6 Å².